The number of anilines is 1. The Balaban J connectivity index is 2.00. The highest BCUT2D eigenvalue weighted by molar-refractivity contribution is 9.10. The van der Waals surface area contributed by atoms with Crippen molar-refractivity contribution in [3.63, 3.8) is 0 Å². The quantitative estimate of drug-likeness (QED) is 0.862. The molecule has 5 heteroatoms. The van der Waals surface area contributed by atoms with Crippen LogP contribution in [0.1, 0.15) is 37.4 Å². The number of hydrogen-bond donors (Lipinski definition) is 1. The molecule has 0 bridgehead atoms. The van der Waals surface area contributed by atoms with Crippen LogP contribution in [0.5, 0.6) is 0 Å². The summed E-state index contributed by atoms with van der Waals surface area (Å²) >= 11 is 3.42. The van der Waals surface area contributed by atoms with Crippen molar-refractivity contribution in [3.8, 4) is 11.4 Å². The van der Waals surface area contributed by atoms with Crippen molar-refractivity contribution in [1.82, 2.24) is 14.8 Å². The predicted molar refractivity (Wildman–Crippen MR) is 79.8 cm³/mol. The number of aromatic nitrogens is 3. The minimum absolute atomic E-state index is 0.525. The minimum Gasteiger partial charge on any atom is -0.398 e. The van der Waals surface area contributed by atoms with E-state index in [0.29, 0.717) is 5.92 Å². The van der Waals surface area contributed by atoms with Crippen molar-refractivity contribution in [2.24, 2.45) is 7.05 Å². The molecular weight excluding hydrogens is 304 g/mol. The first-order valence-corrected chi connectivity index (χ1v) is 7.41. The lowest BCUT2D eigenvalue weighted by Gasteiger charge is -2.04. The summed E-state index contributed by atoms with van der Waals surface area (Å²) in [5, 5.41) is 4.57. The van der Waals surface area contributed by atoms with E-state index in [1.807, 2.05) is 29.9 Å². The Bertz CT molecular complexity index is 599. The van der Waals surface area contributed by atoms with E-state index in [4.69, 9.17) is 10.7 Å². The van der Waals surface area contributed by atoms with Crippen molar-refractivity contribution in [1.29, 1.82) is 0 Å². The molecule has 2 aromatic rings. The van der Waals surface area contributed by atoms with E-state index in [1.54, 1.807) is 0 Å². The third-order valence-corrected chi connectivity index (χ3v) is 4.25. The van der Waals surface area contributed by atoms with E-state index >= 15 is 0 Å². The van der Waals surface area contributed by atoms with Crippen molar-refractivity contribution in [2.75, 3.05) is 5.73 Å². The van der Waals surface area contributed by atoms with Gasteiger partial charge in [-0.15, -0.1) is 0 Å². The highest BCUT2D eigenvalue weighted by Crippen LogP contribution is 2.34. The van der Waals surface area contributed by atoms with Crippen LogP contribution in [-0.4, -0.2) is 14.8 Å². The third-order valence-electron chi connectivity index (χ3n) is 3.75. The maximum atomic E-state index is 6.07. The van der Waals surface area contributed by atoms with Crippen molar-refractivity contribution in [2.45, 2.75) is 31.6 Å². The Morgan fingerprint density at radius 1 is 1.32 bits per heavy atom. The van der Waals surface area contributed by atoms with Crippen LogP contribution in [0.4, 0.5) is 5.69 Å². The van der Waals surface area contributed by atoms with Crippen LogP contribution in [0.25, 0.3) is 11.4 Å². The zero-order valence-corrected chi connectivity index (χ0v) is 12.5. The average molecular weight is 321 g/mol. The maximum absolute atomic E-state index is 6.07. The second kappa shape index (κ2) is 4.96. The number of aryl methyl sites for hydroxylation is 1. The van der Waals surface area contributed by atoms with Crippen LogP contribution < -0.4 is 5.73 Å². The molecule has 4 nitrogen and oxygen atoms in total. The van der Waals surface area contributed by atoms with Gasteiger partial charge in [-0.3, -0.25) is 0 Å². The molecular formula is C14H17BrN4. The van der Waals surface area contributed by atoms with Crippen molar-refractivity contribution >= 4 is 21.6 Å². The molecule has 3 rings (SSSR count). The molecule has 19 heavy (non-hydrogen) atoms. The molecule has 1 aromatic heterocycles. The van der Waals surface area contributed by atoms with Gasteiger partial charge in [-0.2, -0.15) is 5.10 Å². The molecule has 0 radical (unpaired) electrons. The van der Waals surface area contributed by atoms with E-state index in [0.717, 1.165) is 27.4 Å². The lowest BCUT2D eigenvalue weighted by molar-refractivity contribution is 0.648. The fraction of sp³-hybridized carbons (Fsp3) is 0.429. The number of benzene rings is 1. The molecule has 0 spiro atoms. The molecule has 1 aliphatic carbocycles. The van der Waals surface area contributed by atoms with Crippen LogP contribution in [-0.2, 0) is 7.05 Å². The predicted octanol–water partition coefficient (Wildman–Crippen LogP) is 3.48. The summed E-state index contributed by atoms with van der Waals surface area (Å²) in [7, 11) is 1.93. The van der Waals surface area contributed by atoms with Gasteiger partial charge >= 0.3 is 0 Å². The highest BCUT2D eigenvalue weighted by Gasteiger charge is 2.23. The molecule has 0 aliphatic heterocycles. The number of hydrogen-bond acceptors (Lipinski definition) is 3. The van der Waals surface area contributed by atoms with E-state index in [1.165, 1.54) is 25.7 Å². The Morgan fingerprint density at radius 3 is 2.74 bits per heavy atom. The normalized spacial score (nSPS) is 16.1. The summed E-state index contributed by atoms with van der Waals surface area (Å²) in [5.74, 6) is 2.35. The van der Waals surface area contributed by atoms with Crippen LogP contribution in [0.2, 0.25) is 0 Å². The first kappa shape index (κ1) is 12.7. The second-order valence-corrected chi connectivity index (χ2v) is 6.05. The standard InChI is InChI=1S/C14H17BrN4/c1-19-14(11-7-6-10(15)8-12(11)16)17-13(18-19)9-4-2-3-5-9/h6-9H,2-5,16H2,1H3. The second-order valence-electron chi connectivity index (χ2n) is 5.13. The van der Waals surface area contributed by atoms with E-state index in [9.17, 15) is 0 Å². The lowest BCUT2D eigenvalue weighted by atomic mass is 10.1. The van der Waals surface area contributed by atoms with Gasteiger partial charge in [0.05, 0.1) is 0 Å². The van der Waals surface area contributed by atoms with Gasteiger partial charge in [0.25, 0.3) is 0 Å². The summed E-state index contributed by atoms with van der Waals surface area (Å²) in [6.07, 6.45) is 5.00. The zero-order valence-electron chi connectivity index (χ0n) is 10.9. The molecule has 100 valence electrons. The van der Waals surface area contributed by atoms with Gasteiger partial charge in [-0.05, 0) is 31.0 Å². The highest BCUT2D eigenvalue weighted by atomic mass is 79.9. The summed E-state index contributed by atoms with van der Waals surface area (Å²) in [6.45, 7) is 0. The SMILES string of the molecule is Cn1nc(C2CCCC2)nc1-c1ccc(Br)cc1N. The fourth-order valence-corrected chi connectivity index (χ4v) is 3.11. The molecule has 2 N–H and O–H groups in total. The maximum Gasteiger partial charge on any atom is 0.160 e. The van der Waals surface area contributed by atoms with Gasteiger partial charge in [0.15, 0.2) is 11.6 Å². The fourth-order valence-electron chi connectivity index (χ4n) is 2.73. The number of nitrogens with two attached hydrogens (primary N) is 1. The molecule has 0 unspecified atom stereocenters. The Kier molecular flexibility index (Phi) is 3.31. The Labute approximate surface area is 121 Å². The van der Waals surface area contributed by atoms with Gasteiger partial charge in [0, 0.05) is 28.7 Å². The van der Waals surface area contributed by atoms with Crippen LogP contribution >= 0.6 is 15.9 Å². The number of nitrogens with zero attached hydrogens (tertiary/aromatic N) is 3. The summed E-state index contributed by atoms with van der Waals surface area (Å²) in [6, 6.07) is 5.87. The molecule has 1 heterocycles. The largest absolute Gasteiger partial charge is 0.398 e. The summed E-state index contributed by atoms with van der Waals surface area (Å²) in [4.78, 5) is 4.71. The minimum atomic E-state index is 0.525. The monoisotopic (exact) mass is 320 g/mol. The molecule has 0 atom stereocenters. The van der Waals surface area contributed by atoms with Crippen LogP contribution in [0, 0.1) is 0 Å². The summed E-state index contributed by atoms with van der Waals surface area (Å²) in [5.41, 5.74) is 7.75. The first-order valence-electron chi connectivity index (χ1n) is 6.61. The molecule has 0 saturated heterocycles. The van der Waals surface area contributed by atoms with Crippen molar-refractivity contribution < 1.29 is 0 Å². The van der Waals surface area contributed by atoms with Gasteiger partial charge in [-0.25, -0.2) is 9.67 Å². The lowest BCUT2D eigenvalue weighted by Crippen LogP contribution is -1.98. The number of nitrogen functional groups attached to an aromatic ring is 1. The summed E-state index contributed by atoms with van der Waals surface area (Å²) < 4.78 is 2.82. The first-order chi connectivity index (χ1) is 9.15. The van der Waals surface area contributed by atoms with Crippen molar-refractivity contribution in [3.05, 3.63) is 28.5 Å². The molecule has 0 amide bonds. The Hall–Kier alpha value is -1.36. The third kappa shape index (κ3) is 2.39. The van der Waals surface area contributed by atoms with E-state index in [-0.39, 0.29) is 0 Å². The molecule has 1 saturated carbocycles. The molecule has 1 aromatic carbocycles. The van der Waals surface area contributed by atoms with E-state index < -0.39 is 0 Å². The molecule has 1 aliphatic rings. The number of rotatable bonds is 2. The zero-order chi connectivity index (χ0) is 13.4. The van der Waals surface area contributed by atoms with E-state index in [2.05, 4.69) is 21.0 Å². The van der Waals surface area contributed by atoms with Gasteiger partial charge in [-0.1, -0.05) is 28.8 Å². The average Bonchev–Trinajstić information content (AvgIpc) is 2.98. The van der Waals surface area contributed by atoms with Crippen LogP contribution in [0.3, 0.4) is 0 Å². The van der Waals surface area contributed by atoms with Gasteiger partial charge in [0.2, 0.25) is 0 Å². The smallest absolute Gasteiger partial charge is 0.160 e. The number of halogens is 1. The Morgan fingerprint density at radius 2 is 2.05 bits per heavy atom. The molecule has 1 fully saturated rings. The topological polar surface area (TPSA) is 56.7 Å². The van der Waals surface area contributed by atoms with Gasteiger partial charge < -0.3 is 5.73 Å². The van der Waals surface area contributed by atoms with Crippen LogP contribution in [0.15, 0.2) is 22.7 Å². The van der Waals surface area contributed by atoms with Gasteiger partial charge in [0.1, 0.15) is 0 Å².